The quantitative estimate of drug-likeness (QED) is 0.421. The predicted molar refractivity (Wildman–Crippen MR) is 131 cm³/mol. The van der Waals surface area contributed by atoms with Crippen LogP contribution in [0.2, 0.25) is 0 Å². The van der Waals surface area contributed by atoms with Crippen LogP contribution in [-0.4, -0.2) is 81.0 Å². The van der Waals surface area contributed by atoms with E-state index in [1.165, 1.54) is 23.5 Å². The van der Waals surface area contributed by atoms with Crippen LogP contribution in [0.4, 0.5) is 0 Å². The van der Waals surface area contributed by atoms with E-state index in [9.17, 15) is 29.9 Å². The van der Waals surface area contributed by atoms with E-state index >= 15 is 0 Å². The lowest BCUT2D eigenvalue weighted by atomic mass is 9.71. The van der Waals surface area contributed by atoms with Gasteiger partial charge in [0.15, 0.2) is 11.6 Å². The normalized spacial score (nSPS) is 35.3. The predicted octanol–water partition coefficient (Wildman–Crippen LogP) is 1.95. The van der Waals surface area contributed by atoms with Crippen LogP contribution in [0.25, 0.3) is 0 Å². The number of hydrogen-bond donors (Lipinski definition) is 3. The van der Waals surface area contributed by atoms with Gasteiger partial charge in [0, 0.05) is 35.2 Å². The molecule has 0 radical (unpaired) electrons. The van der Waals surface area contributed by atoms with Crippen molar-refractivity contribution in [3.63, 3.8) is 0 Å². The standard InChI is InChI=1S/C24H31N3O5S2/c1-4-6-33-22-20(29)16-11(3)19-18-12(24(31)32)8-13(26-18)14(9-25)27(19)15(10-28)17(16)21(30)23(22)34-7-5-2/h11-15,18-19,26,28H,4-8,10H2,1-3H3,(H,31,32)/t11?,12-,13+,14?,15+,18-,19+/m1/s1. The van der Waals surface area contributed by atoms with Gasteiger partial charge in [0.05, 0.1) is 34.4 Å². The number of ketones is 2. The van der Waals surface area contributed by atoms with Crippen molar-refractivity contribution in [1.29, 1.82) is 5.26 Å². The van der Waals surface area contributed by atoms with Crippen LogP contribution in [0.15, 0.2) is 21.0 Å². The molecule has 3 N–H and O–H groups in total. The van der Waals surface area contributed by atoms with E-state index in [-0.39, 0.29) is 17.6 Å². The number of rotatable bonds is 8. The van der Waals surface area contributed by atoms with Crippen molar-refractivity contribution >= 4 is 41.1 Å². The monoisotopic (exact) mass is 505 g/mol. The highest BCUT2D eigenvalue weighted by atomic mass is 32.2. The molecule has 10 heteroatoms. The Labute approximate surface area is 208 Å². The lowest BCUT2D eigenvalue weighted by Gasteiger charge is -2.54. The van der Waals surface area contributed by atoms with Gasteiger partial charge in [0.2, 0.25) is 0 Å². The van der Waals surface area contributed by atoms with Crippen LogP contribution < -0.4 is 5.32 Å². The summed E-state index contributed by atoms with van der Waals surface area (Å²) in [6.07, 6.45) is 2.01. The molecule has 184 valence electrons. The Morgan fingerprint density at radius 2 is 1.74 bits per heavy atom. The Morgan fingerprint density at radius 1 is 1.15 bits per heavy atom. The van der Waals surface area contributed by atoms with Gasteiger partial charge < -0.3 is 15.5 Å². The molecule has 0 amide bonds. The number of carboxylic acid groups (broad SMARTS) is 1. The molecule has 4 aliphatic rings. The summed E-state index contributed by atoms with van der Waals surface area (Å²) in [5.41, 5.74) is 0.682. The molecule has 2 unspecified atom stereocenters. The first-order valence-electron chi connectivity index (χ1n) is 11.9. The number of allylic oxidation sites excluding steroid dienone is 2. The molecule has 0 saturated carbocycles. The third-order valence-electron chi connectivity index (χ3n) is 7.34. The number of carbonyl (C=O) groups excluding carboxylic acids is 2. The summed E-state index contributed by atoms with van der Waals surface area (Å²) in [6.45, 7) is 5.47. The minimum Gasteiger partial charge on any atom is -0.481 e. The number of Topliss-reactive ketones (excluding diaryl/α,β-unsaturated/α-hetero) is 2. The van der Waals surface area contributed by atoms with Crippen molar-refractivity contribution in [2.24, 2.45) is 11.8 Å². The number of fused-ring (bicyclic) bond motifs is 4. The van der Waals surface area contributed by atoms with Crippen LogP contribution in [0.3, 0.4) is 0 Å². The average Bonchev–Trinajstić information content (AvgIpc) is 3.19. The third kappa shape index (κ3) is 3.86. The molecule has 2 bridgehead atoms. The highest BCUT2D eigenvalue weighted by Crippen LogP contribution is 2.50. The summed E-state index contributed by atoms with van der Waals surface area (Å²) >= 11 is 2.80. The second-order valence-corrected chi connectivity index (χ2v) is 11.5. The van der Waals surface area contributed by atoms with Crippen molar-refractivity contribution in [3.8, 4) is 6.07 Å². The molecule has 3 aliphatic heterocycles. The number of hydrogen-bond acceptors (Lipinski definition) is 9. The fourth-order valence-electron chi connectivity index (χ4n) is 6.02. The van der Waals surface area contributed by atoms with Crippen molar-refractivity contribution in [1.82, 2.24) is 10.2 Å². The van der Waals surface area contributed by atoms with E-state index in [4.69, 9.17) is 0 Å². The third-order valence-corrected chi connectivity index (χ3v) is 10.1. The summed E-state index contributed by atoms with van der Waals surface area (Å²) in [6, 6.07) is -0.544. The molecule has 3 heterocycles. The number of carbonyl (C=O) groups is 3. The first-order chi connectivity index (χ1) is 16.3. The molecule has 0 spiro atoms. The summed E-state index contributed by atoms with van der Waals surface area (Å²) in [7, 11) is 0. The second kappa shape index (κ2) is 10.2. The Balaban J connectivity index is 1.85. The zero-order chi connectivity index (χ0) is 24.7. The molecule has 0 aromatic carbocycles. The van der Waals surface area contributed by atoms with Gasteiger partial charge in [-0.25, -0.2) is 0 Å². The molecule has 2 saturated heterocycles. The van der Waals surface area contributed by atoms with Gasteiger partial charge in [-0.15, -0.1) is 23.5 Å². The SMILES string of the molecule is CCCSC1=C(SCCC)C(=O)C2=C(C1=O)C(C)[C@H]1[C@@H]3N[C@@H](C[C@H]3C(=O)O)C(C#N)N1[C@H]2CO. The molecule has 8 nitrogen and oxygen atoms in total. The van der Waals surface area contributed by atoms with E-state index in [1.54, 1.807) is 0 Å². The van der Waals surface area contributed by atoms with Gasteiger partial charge >= 0.3 is 5.97 Å². The number of carboxylic acids is 1. The Hall–Kier alpha value is -1.64. The average molecular weight is 506 g/mol. The number of nitrogens with zero attached hydrogens (tertiary/aromatic N) is 2. The van der Waals surface area contributed by atoms with Crippen molar-refractivity contribution in [2.45, 2.75) is 70.2 Å². The summed E-state index contributed by atoms with van der Waals surface area (Å²) in [5, 5.41) is 33.7. The number of piperazine rings is 1. The largest absolute Gasteiger partial charge is 0.481 e. The first-order valence-corrected chi connectivity index (χ1v) is 13.9. The molecule has 4 rings (SSSR count). The zero-order valence-corrected chi connectivity index (χ0v) is 21.2. The highest BCUT2D eigenvalue weighted by molar-refractivity contribution is 8.08. The molecule has 34 heavy (non-hydrogen) atoms. The zero-order valence-electron chi connectivity index (χ0n) is 19.6. The van der Waals surface area contributed by atoms with Gasteiger partial charge in [-0.05, 0) is 30.8 Å². The van der Waals surface area contributed by atoms with Crippen LogP contribution in [-0.2, 0) is 14.4 Å². The number of aliphatic hydroxyl groups is 1. The summed E-state index contributed by atoms with van der Waals surface area (Å²) < 4.78 is 0. The van der Waals surface area contributed by atoms with Gasteiger partial charge in [0.1, 0.15) is 6.04 Å². The van der Waals surface area contributed by atoms with E-state index in [1.807, 2.05) is 25.7 Å². The smallest absolute Gasteiger partial charge is 0.308 e. The summed E-state index contributed by atoms with van der Waals surface area (Å²) in [4.78, 5) is 42.6. The Kier molecular flexibility index (Phi) is 7.60. The fraction of sp³-hybridized carbons (Fsp3) is 0.667. The lowest BCUT2D eigenvalue weighted by molar-refractivity contribution is -0.143. The van der Waals surface area contributed by atoms with Gasteiger partial charge in [0.25, 0.3) is 0 Å². The highest BCUT2D eigenvalue weighted by Gasteiger charge is 2.61. The number of nitrogens with one attached hydrogen (secondary N) is 1. The molecule has 0 aromatic rings. The fourth-order valence-corrected chi connectivity index (χ4v) is 8.12. The molecule has 0 aromatic heterocycles. The van der Waals surface area contributed by atoms with Crippen LogP contribution in [0.1, 0.15) is 40.0 Å². The van der Waals surface area contributed by atoms with E-state index in [0.29, 0.717) is 38.9 Å². The van der Waals surface area contributed by atoms with Gasteiger partial charge in [-0.1, -0.05) is 20.8 Å². The maximum Gasteiger partial charge on any atom is 0.308 e. The van der Waals surface area contributed by atoms with Gasteiger partial charge in [-0.3, -0.25) is 19.3 Å². The van der Waals surface area contributed by atoms with Crippen LogP contribution in [0, 0.1) is 23.2 Å². The molecule has 1 aliphatic carbocycles. The number of aliphatic hydroxyl groups excluding tert-OH is 1. The number of nitriles is 1. The molecular formula is C24H31N3O5S2. The number of thioether (sulfide) groups is 2. The maximum atomic E-state index is 13.9. The Bertz CT molecular complexity index is 1000. The molecular weight excluding hydrogens is 474 g/mol. The Morgan fingerprint density at radius 3 is 2.24 bits per heavy atom. The van der Waals surface area contributed by atoms with Crippen LogP contribution >= 0.6 is 23.5 Å². The topological polar surface area (TPSA) is 131 Å². The van der Waals surface area contributed by atoms with Gasteiger partial charge in [-0.2, -0.15) is 5.26 Å². The minimum absolute atomic E-state index is 0.183. The molecule has 7 atom stereocenters. The first kappa shape index (κ1) is 25.5. The second-order valence-electron chi connectivity index (χ2n) is 9.32. The number of aliphatic carboxylic acids is 1. The van der Waals surface area contributed by atoms with Crippen molar-refractivity contribution < 1.29 is 24.6 Å². The summed E-state index contributed by atoms with van der Waals surface area (Å²) in [5.74, 6) is -1.09. The van der Waals surface area contributed by atoms with Crippen molar-refractivity contribution in [3.05, 3.63) is 21.0 Å². The molecule has 2 fully saturated rings. The lowest BCUT2D eigenvalue weighted by Crippen LogP contribution is -2.71. The minimum atomic E-state index is -0.936. The van der Waals surface area contributed by atoms with E-state index < -0.39 is 48.6 Å². The maximum absolute atomic E-state index is 13.9. The van der Waals surface area contributed by atoms with E-state index in [2.05, 4.69) is 11.4 Å². The van der Waals surface area contributed by atoms with E-state index in [0.717, 1.165) is 12.8 Å². The van der Waals surface area contributed by atoms with Crippen molar-refractivity contribution in [2.75, 3.05) is 18.1 Å². The van der Waals surface area contributed by atoms with Crippen LogP contribution in [0.5, 0.6) is 0 Å².